The fourth-order valence-corrected chi connectivity index (χ4v) is 2.65. The zero-order valence-corrected chi connectivity index (χ0v) is 11.8. The summed E-state index contributed by atoms with van der Waals surface area (Å²) < 4.78 is 0. The van der Waals surface area contributed by atoms with Crippen molar-refractivity contribution in [3.8, 4) is 5.75 Å². The Labute approximate surface area is 123 Å². The molecule has 4 nitrogen and oxygen atoms in total. The minimum absolute atomic E-state index is 0.0259. The van der Waals surface area contributed by atoms with Gasteiger partial charge in [0.2, 0.25) is 5.91 Å². The van der Waals surface area contributed by atoms with Gasteiger partial charge in [-0.2, -0.15) is 0 Å². The highest BCUT2D eigenvalue weighted by molar-refractivity contribution is 5.87. The molecule has 3 rings (SSSR count). The monoisotopic (exact) mass is 282 g/mol. The number of carbonyl (C=O) groups excluding carboxylic acids is 1. The van der Waals surface area contributed by atoms with Crippen molar-refractivity contribution in [2.24, 2.45) is 0 Å². The van der Waals surface area contributed by atoms with Crippen LogP contribution in [0, 0.1) is 0 Å². The summed E-state index contributed by atoms with van der Waals surface area (Å²) in [7, 11) is 0. The maximum atomic E-state index is 12.3. The Hall–Kier alpha value is -2.49. The van der Waals surface area contributed by atoms with E-state index in [0.717, 1.165) is 11.3 Å². The van der Waals surface area contributed by atoms with Crippen LogP contribution in [0.1, 0.15) is 24.1 Å². The standard InChI is InChI=1S/C17H18N2O2/c1-11(12-6-4-7-14(20)9-12)18-17(21)16-10-13-5-2-3-8-15(13)19-16/h2-9,11,16,19-20H,10H2,1H3,(H,18,21)/t11?,16-/m0/s1. The predicted octanol–water partition coefficient (Wildman–Crippen LogP) is 2.61. The molecule has 1 aliphatic heterocycles. The van der Waals surface area contributed by atoms with Crippen molar-refractivity contribution >= 4 is 11.6 Å². The van der Waals surface area contributed by atoms with Crippen molar-refractivity contribution in [2.45, 2.75) is 25.4 Å². The molecule has 0 saturated carbocycles. The van der Waals surface area contributed by atoms with E-state index in [1.54, 1.807) is 18.2 Å². The molecule has 2 atom stereocenters. The topological polar surface area (TPSA) is 61.4 Å². The van der Waals surface area contributed by atoms with Gasteiger partial charge < -0.3 is 15.7 Å². The molecule has 0 saturated heterocycles. The number of aromatic hydroxyl groups is 1. The first-order chi connectivity index (χ1) is 10.1. The Morgan fingerprint density at radius 3 is 2.86 bits per heavy atom. The zero-order valence-electron chi connectivity index (χ0n) is 11.8. The number of carbonyl (C=O) groups is 1. The summed E-state index contributed by atoms with van der Waals surface area (Å²) in [6.45, 7) is 1.91. The summed E-state index contributed by atoms with van der Waals surface area (Å²) in [5.74, 6) is 0.182. The fourth-order valence-electron chi connectivity index (χ4n) is 2.65. The van der Waals surface area contributed by atoms with E-state index >= 15 is 0 Å². The number of nitrogens with one attached hydrogen (secondary N) is 2. The average Bonchev–Trinajstić information content (AvgIpc) is 2.91. The molecule has 0 bridgehead atoms. The fraction of sp³-hybridized carbons (Fsp3) is 0.235. The molecule has 21 heavy (non-hydrogen) atoms. The number of amides is 1. The molecular weight excluding hydrogens is 264 g/mol. The highest BCUT2D eigenvalue weighted by atomic mass is 16.3. The maximum Gasteiger partial charge on any atom is 0.243 e. The minimum atomic E-state index is -0.234. The van der Waals surface area contributed by atoms with Crippen molar-refractivity contribution in [3.05, 3.63) is 59.7 Å². The Kier molecular flexibility index (Phi) is 3.52. The van der Waals surface area contributed by atoms with Crippen molar-refractivity contribution in [3.63, 3.8) is 0 Å². The van der Waals surface area contributed by atoms with E-state index in [-0.39, 0.29) is 23.7 Å². The Bertz CT molecular complexity index is 644. The van der Waals surface area contributed by atoms with Gasteiger partial charge in [-0.3, -0.25) is 4.79 Å². The maximum absolute atomic E-state index is 12.3. The second-order valence-corrected chi connectivity index (χ2v) is 5.38. The summed E-state index contributed by atoms with van der Waals surface area (Å²) in [5, 5.41) is 15.7. The molecule has 1 heterocycles. The van der Waals surface area contributed by atoms with Crippen LogP contribution in [0.2, 0.25) is 0 Å². The van der Waals surface area contributed by atoms with Crippen LogP contribution in [0.15, 0.2) is 48.5 Å². The molecule has 108 valence electrons. The van der Waals surface area contributed by atoms with Gasteiger partial charge in [0.05, 0.1) is 6.04 Å². The third-order valence-electron chi connectivity index (χ3n) is 3.82. The lowest BCUT2D eigenvalue weighted by molar-refractivity contribution is -0.122. The molecule has 2 aromatic carbocycles. The van der Waals surface area contributed by atoms with E-state index in [1.807, 2.05) is 37.3 Å². The van der Waals surface area contributed by atoms with Crippen LogP contribution in [0.5, 0.6) is 5.75 Å². The second-order valence-electron chi connectivity index (χ2n) is 5.38. The first-order valence-electron chi connectivity index (χ1n) is 7.07. The molecule has 4 heteroatoms. The van der Waals surface area contributed by atoms with Crippen LogP contribution in [-0.2, 0) is 11.2 Å². The average molecular weight is 282 g/mol. The van der Waals surface area contributed by atoms with Gasteiger partial charge in [0, 0.05) is 12.1 Å². The summed E-state index contributed by atoms with van der Waals surface area (Å²) in [5.41, 5.74) is 3.09. The summed E-state index contributed by atoms with van der Waals surface area (Å²) >= 11 is 0. The molecular formula is C17H18N2O2. The van der Waals surface area contributed by atoms with Crippen LogP contribution in [0.25, 0.3) is 0 Å². The molecule has 2 aromatic rings. The van der Waals surface area contributed by atoms with Gasteiger partial charge in [-0.05, 0) is 36.2 Å². The summed E-state index contributed by atoms with van der Waals surface area (Å²) in [6.07, 6.45) is 0.703. The number of hydrogen-bond donors (Lipinski definition) is 3. The quantitative estimate of drug-likeness (QED) is 0.811. The smallest absolute Gasteiger partial charge is 0.243 e. The van der Waals surface area contributed by atoms with Gasteiger partial charge >= 0.3 is 0 Å². The largest absolute Gasteiger partial charge is 0.508 e. The Morgan fingerprint density at radius 2 is 2.10 bits per heavy atom. The third-order valence-corrected chi connectivity index (χ3v) is 3.82. The molecule has 1 aliphatic rings. The van der Waals surface area contributed by atoms with Crippen molar-refractivity contribution in [2.75, 3.05) is 5.32 Å². The highest BCUT2D eigenvalue weighted by Crippen LogP contribution is 2.26. The lowest BCUT2D eigenvalue weighted by Crippen LogP contribution is -2.39. The highest BCUT2D eigenvalue weighted by Gasteiger charge is 2.27. The van der Waals surface area contributed by atoms with Crippen LogP contribution in [-0.4, -0.2) is 17.1 Å². The first-order valence-corrected chi connectivity index (χ1v) is 7.07. The van der Waals surface area contributed by atoms with E-state index in [1.165, 1.54) is 5.56 Å². The Balaban J connectivity index is 1.65. The third kappa shape index (κ3) is 2.84. The number of phenolic OH excluding ortho intramolecular Hbond substituents is 1. The van der Waals surface area contributed by atoms with Crippen molar-refractivity contribution in [1.82, 2.24) is 5.32 Å². The van der Waals surface area contributed by atoms with E-state index < -0.39 is 0 Å². The lowest BCUT2D eigenvalue weighted by atomic mass is 10.1. The molecule has 1 amide bonds. The number of para-hydroxylation sites is 1. The minimum Gasteiger partial charge on any atom is -0.508 e. The van der Waals surface area contributed by atoms with Gasteiger partial charge in [0.15, 0.2) is 0 Å². The van der Waals surface area contributed by atoms with Gasteiger partial charge in [-0.25, -0.2) is 0 Å². The Morgan fingerprint density at radius 1 is 1.29 bits per heavy atom. The number of hydrogen-bond acceptors (Lipinski definition) is 3. The normalized spacial score (nSPS) is 17.7. The molecule has 0 spiro atoms. The number of rotatable bonds is 3. The summed E-state index contributed by atoms with van der Waals surface area (Å²) in [6, 6.07) is 14.5. The zero-order chi connectivity index (χ0) is 14.8. The number of anilines is 1. The number of phenols is 1. The molecule has 3 N–H and O–H groups in total. The van der Waals surface area contributed by atoms with E-state index in [9.17, 15) is 9.90 Å². The van der Waals surface area contributed by atoms with E-state index in [4.69, 9.17) is 0 Å². The second kappa shape index (κ2) is 5.48. The molecule has 0 aromatic heterocycles. The van der Waals surface area contributed by atoms with Crippen LogP contribution >= 0.6 is 0 Å². The van der Waals surface area contributed by atoms with Gasteiger partial charge in [-0.1, -0.05) is 30.3 Å². The van der Waals surface area contributed by atoms with Crippen molar-refractivity contribution in [1.29, 1.82) is 0 Å². The molecule has 0 aliphatic carbocycles. The van der Waals surface area contributed by atoms with E-state index in [2.05, 4.69) is 10.6 Å². The van der Waals surface area contributed by atoms with Crippen LogP contribution in [0.4, 0.5) is 5.69 Å². The van der Waals surface area contributed by atoms with E-state index in [0.29, 0.717) is 6.42 Å². The van der Waals surface area contributed by atoms with Gasteiger partial charge in [0.1, 0.15) is 11.8 Å². The molecule has 0 radical (unpaired) electrons. The van der Waals surface area contributed by atoms with Gasteiger partial charge in [0.25, 0.3) is 0 Å². The van der Waals surface area contributed by atoms with Crippen LogP contribution < -0.4 is 10.6 Å². The molecule has 0 fully saturated rings. The SMILES string of the molecule is CC(NC(=O)[C@@H]1Cc2ccccc2N1)c1cccc(O)c1. The number of fused-ring (bicyclic) bond motifs is 1. The van der Waals surface area contributed by atoms with Crippen LogP contribution in [0.3, 0.4) is 0 Å². The lowest BCUT2D eigenvalue weighted by Gasteiger charge is -2.18. The van der Waals surface area contributed by atoms with Crippen molar-refractivity contribution < 1.29 is 9.90 Å². The first kappa shape index (κ1) is 13.5. The van der Waals surface area contributed by atoms with Gasteiger partial charge in [-0.15, -0.1) is 0 Å². The summed E-state index contributed by atoms with van der Waals surface area (Å²) in [4.78, 5) is 12.3. The predicted molar refractivity (Wildman–Crippen MR) is 82.2 cm³/mol. The number of benzene rings is 2. The molecule has 1 unspecified atom stereocenters.